The molecule has 0 spiro atoms. The first-order chi connectivity index (χ1) is 12.2. The summed E-state index contributed by atoms with van der Waals surface area (Å²) in [5, 5.41) is 4.99. The Morgan fingerprint density at radius 3 is 1.23 bits per heavy atom. The van der Waals surface area contributed by atoms with E-state index in [-0.39, 0.29) is 23.7 Å². The van der Waals surface area contributed by atoms with Gasteiger partial charge in [-0.3, -0.25) is 0 Å². The van der Waals surface area contributed by atoms with Crippen LogP contribution in [0.15, 0.2) is 48.5 Å². The highest BCUT2D eigenvalue weighted by Crippen LogP contribution is 2.12. The number of hydrogen-bond donors (Lipinski definition) is 4. The molecule has 6 nitrogen and oxygen atoms in total. The number of halogens is 2. The first kappa shape index (κ1) is 20.9. The number of amides is 4. The van der Waals surface area contributed by atoms with Crippen molar-refractivity contribution in [1.82, 2.24) is 10.6 Å². The molecule has 2 aromatic rings. The SMILES string of the molecule is C[C@@H](NC(N)=O)c1ccc(F)cc1.C[C@@H](NC(N)=O)c1ccc(F)cc1. The van der Waals surface area contributed by atoms with Crippen molar-refractivity contribution >= 4 is 12.1 Å². The average molecular weight is 364 g/mol. The van der Waals surface area contributed by atoms with Crippen LogP contribution in [-0.4, -0.2) is 12.1 Å². The first-order valence-electron chi connectivity index (χ1n) is 7.82. The van der Waals surface area contributed by atoms with Crippen LogP contribution in [0.2, 0.25) is 0 Å². The summed E-state index contributed by atoms with van der Waals surface area (Å²) in [6.07, 6.45) is 0. The molecule has 2 rings (SSSR count). The van der Waals surface area contributed by atoms with Crippen molar-refractivity contribution in [1.29, 1.82) is 0 Å². The van der Waals surface area contributed by atoms with E-state index < -0.39 is 12.1 Å². The predicted octanol–water partition coefficient (Wildman–Crippen LogP) is 3.11. The standard InChI is InChI=1S/2C9H11FN2O/c2*1-6(12-9(11)13)7-2-4-8(10)5-3-7/h2*2-6H,1H3,(H3,11,12,13)/t2*6-/m11/s1. The second kappa shape index (κ2) is 9.97. The van der Waals surface area contributed by atoms with E-state index in [9.17, 15) is 18.4 Å². The van der Waals surface area contributed by atoms with Crippen molar-refractivity contribution in [3.05, 3.63) is 71.3 Å². The number of nitrogens with two attached hydrogens (primary N) is 2. The quantitative estimate of drug-likeness (QED) is 0.668. The van der Waals surface area contributed by atoms with Crippen LogP contribution in [0.25, 0.3) is 0 Å². The van der Waals surface area contributed by atoms with E-state index >= 15 is 0 Å². The monoisotopic (exact) mass is 364 g/mol. The molecule has 0 aliphatic rings. The Hall–Kier alpha value is -3.16. The smallest absolute Gasteiger partial charge is 0.312 e. The average Bonchev–Trinajstić information content (AvgIpc) is 2.55. The maximum atomic E-state index is 12.5. The Balaban J connectivity index is 0.000000260. The molecule has 0 radical (unpaired) electrons. The molecule has 8 heteroatoms. The number of rotatable bonds is 4. The van der Waals surface area contributed by atoms with Gasteiger partial charge in [-0.05, 0) is 49.2 Å². The first-order valence-corrected chi connectivity index (χ1v) is 7.82. The number of carbonyl (C=O) groups excluding carboxylic acids is 2. The fourth-order valence-corrected chi connectivity index (χ4v) is 2.10. The lowest BCUT2D eigenvalue weighted by Crippen LogP contribution is -2.31. The number of carbonyl (C=O) groups is 2. The molecule has 0 saturated heterocycles. The molecule has 0 fully saturated rings. The molecule has 0 aliphatic carbocycles. The van der Waals surface area contributed by atoms with Gasteiger partial charge in [-0.25, -0.2) is 18.4 Å². The van der Waals surface area contributed by atoms with Crippen LogP contribution in [0, 0.1) is 11.6 Å². The molecule has 0 bridgehead atoms. The maximum Gasteiger partial charge on any atom is 0.312 e. The summed E-state index contributed by atoms with van der Waals surface area (Å²) in [5.41, 5.74) is 11.5. The highest BCUT2D eigenvalue weighted by Gasteiger charge is 2.06. The maximum absolute atomic E-state index is 12.5. The van der Waals surface area contributed by atoms with E-state index in [4.69, 9.17) is 11.5 Å². The zero-order chi connectivity index (χ0) is 19.7. The minimum Gasteiger partial charge on any atom is -0.352 e. The topological polar surface area (TPSA) is 110 Å². The molecule has 26 heavy (non-hydrogen) atoms. The summed E-state index contributed by atoms with van der Waals surface area (Å²) in [4.78, 5) is 21.0. The molecular weight excluding hydrogens is 342 g/mol. The Morgan fingerprint density at radius 1 is 0.731 bits per heavy atom. The molecule has 0 unspecified atom stereocenters. The lowest BCUT2D eigenvalue weighted by Gasteiger charge is -2.11. The number of benzene rings is 2. The van der Waals surface area contributed by atoms with Gasteiger partial charge in [0.1, 0.15) is 11.6 Å². The van der Waals surface area contributed by atoms with Crippen molar-refractivity contribution in [3.63, 3.8) is 0 Å². The Kier molecular flexibility index (Phi) is 8.01. The lowest BCUT2D eigenvalue weighted by molar-refractivity contribution is 0.245. The molecule has 4 amide bonds. The molecule has 0 aliphatic heterocycles. The third-order valence-corrected chi connectivity index (χ3v) is 3.46. The zero-order valence-electron chi connectivity index (χ0n) is 14.5. The van der Waals surface area contributed by atoms with Gasteiger partial charge in [0, 0.05) is 0 Å². The molecule has 0 saturated carbocycles. The van der Waals surface area contributed by atoms with Gasteiger partial charge in [0.05, 0.1) is 12.1 Å². The second-order valence-electron chi connectivity index (χ2n) is 5.56. The van der Waals surface area contributed by atoms with Crippen LogP contribution >= 0.6 is 0 Å². The van der Waals surface area contributed by atoms with E-state index in [0.29, 0.717) is 0 Å². The van der Waals surface area contributed by atoms with Gasteiger partial charge < -0.3 is 22.1 Å². The van der Waals surface area contributed by atoms with Crippen molar-refractivity contribution in [3.8, 4) is 0 Å². The summed E-state index contributed by atoms with van der Waals surface area (Å²) in [6, 6.07) is 10.2. The Morgan fingerprint density at radius 2 is 1.00 bits per heavy atom. The minimum atomic E-state index is -0.586. The van der Waals surface area contributed by atoms with Gasteiger partial charge in [0.2, 0.25) is 0 Å². The van der Waals surface area contributed by atoms with Crippen molar-refractivity contribution in [2.24, 2.45) is 11.5 Å². The molecule has 140 valence electrons. The van der Waals surface area contributed by atoms with Crippen LogP contribution in [0.5, 0.6) is 0 Å². The van der Waals surface area contributed by atoms with Crippen molar-refractivity contribution < 1.29 is 18.4 Å². The number of urea groups is 2. The minimum absolute atomic E-state index is 0.196. The van der Waals surface area contributed by atoms with Crippen LogP contribution < -0.4 is 22.1 Å². The van der Waals surface area contributed by atoms with E-state index in [1.165, 1.54) is 24.3 Å². The summed E-state index contributed by atoms with van der Waals surface area (Å²) in [7, 11) is 0. The van der Waals surface area contributed by atoms with Crippen molar-refractivity contribution in [2.45, 2.75) is 25.9 Å². The van der Waals surface area contributed by atoms with Gasteiger partial charge in [-0.15, -0.1) is 0 Å². The van der Waals surface area contributed by atoms with Crippen LogP contribution in [0.4, 0.5) is 18.4 Å². The molecular formula is C18H22F2N4O2. The van der Waals surface area contributed by atoms with Gasteiger partial charge in [-0.2, -0.15) is 0 Å². The largest absolute Gasteiger partial charge is 0.352 e. The molecule has 2 atom stereocenters. The fourth-order valence-electron chi connectivity index (χ4n) is 2.10. The molecule has 6 N–H and O–H groups in total. The zero-order valence-corrected chi connectivity index (χ0v) is 14.5. The number of nitrogens with one attached hydrogen (secondary N) is 2. The van der Waals surface area contributed by atoms with Gasteiger partial charge in [0.25, 0.3) is 0 Å². The second-order valence-corrected chi connectivity index (χ2v) is 5.56. The van der Waals surface area contributed by atoms with Crippen LogP contribution in [0.1, 0.15) is 37.1 Å². The third kappa shape index (κ3) is 7.61. The number of primary amides is 2. The normalized spacial score (nSPS) is 12.2. The van der Waals surface area contributed by atoms with E-state index in [1.54, 1.807) is 38.1 Å². The summed E-state index contributed by atoms with van der Waals surface area (Å²) >= 11 is 0. The predicted molar refractivity (Wildman–Crippen MR) is 95.1 cm³/mol. The molecule has 0 aromatic heterocycles. The van der Waals surface area contributed by atoms with E-state index in [1.807, 2.05) is 0 Å². The Bertz CT molecular complexity index is 657. The highest BCUT2D eigenvalue weighted by molar-refractivity contribution is 5.72. The highest BCUT2D eigenvalue weighted by atomic mass is 19.1. The lowest BCUT2D eigenvalue weighted by atomic mass is 10.1. The summed E-state index contributed by atoms with van der Waals surface area (Å²) in [5.74, 6) is -0.593. The third-order valence-electron chi connectivity index (χ3n) is 3.46. The van der Waals surface area contributed by atoms with Gasteiger partial charge in [-0.1, -0.05) is 24.3 Å². The van der Waals surface area contributed by atoms with Crippen LogP contribution in [0.3, 0.4) is 0 Å². The Labute approximate surface area is 150 Å². The summed E-state index contributed by atoms with van der Waals surface area (Å²) < 4.78 is 25.0. The van der Waals surface area contributed by atoms with E-state index in [0.717, 1.165) is 11.1 Å². The van der Waals surface area contributed by atoms with Gasteiger partial charge in [0.15, 0.2) is 0 Å². The summed E-state index contributed by atoms with van der Waals surface area (Å²) in [6.45, 7) is 3.55. The fraction of sp³-hybridized carbons (Fsp3) is 0.222. The number of hydrogen-bond acceptors (Lipinski definition) is 2. The molecule has 0 heterocycles. The van der Waals surface area contributed by atoms with Crippen LogP contribution in [-0.2, 0) is 0 Å². The van der Waals surface area contributed by atoms with Crippen molar-refractivity contribution in [2.75, 3.05) is 0 Å². The molecule has 2 aromatic carbocycles. The van der Waals surface area contributed by atoms with E-state index in [2.05, 4.69) is 10.6 Å². The van der Waals surface area contributed by atoms with Gasteiger partial charge >= 0.3 is 12.1 Å².